The topological polar surface area (TPSA) is 35.5 Å². The summed E-state index contributed by atoms with van der Waals surface area (Å²) in [7, 11) is 1.40. The molecule has 0 aliphatic carbocycles. The molecule has 1 aromatic rings. The lowest BCUT2D eigenvalue weighted by atomic mass is 9.96. The van der Waals surface area contributed by atoms with E-state index in [4.69, 9.17) is 9.47 Å². The van der Waals surface area contributed by atoms with Gasteiger partial charge in [-0.1, -0.05) is 0 Å². The molecule has 0 aromatic heterocycles. The molecule has 0 bridgehead atoms. The Hall–Kier alpha value is -1.51. The molecule has 0 radical (unpaired) electrons. The fourth-order valence-corrected chi connectivity index (χ4v) is 1.94. The van der Waals surface area contributed by atoms with Crippen LogP contribution in [0.15, 0.2) is 12.1 Å². The van der Waals surface area contributed by atoms with Crippen LogP contribution in [0.25, 0.3) is 0 Å². The first-order valence-electron chi connectivity index (χ1n) is 5.07. The molecule has 0 unspecified atom stereocenters. The first kappa shape index (κ1) is 10.0. The summed E-state index contributed by atoms with van der Waals surface area (Å²) in [6, 6.07) is 3.62. The first-order chi connectivity index (χ1) is 7.24. The van der Waals surface area contributed by atoms with Crippen molar-refractivity contribution in [3.63, 3.8) is 0 Å². The zero-order chi connectivity index (χ0) is 10.8. The third kappa shape index (κ3) is 1.69. The van der Waals surface area contributed by atoms with Crippen molar-refractivity contribution in [2.24, 2.45) is 0 Å². The van der Waals surface area contributed by atoms with Gasteiger partial charge in [-0.3, -0.25) is 0 Å². The Morgan fingerprint density at radius 2 is 2.27 bits per heavy atom. The van der Waals surface area contributed by atoms with Crippen LogP contribution < -0.4 is 4.74 Å². The van der Waals surface area contributed by atoms with E-state index in [0.717, 1.165) is 36.3 Å². The van der Waals surface area contributed by atoms with E-state index in [2.05, 4.69) is 0 Å². The van der Waals surface area contributed by atoms with Gasteiger partial charge in [-0.25, -0.2) is 4.79 Å². The molecule has 0 atom stereocenters. The van der Waals surface area contributed by atoms with Crippen molar-refractivity contribution in [1.82, 2.24) is 0 Å². The lowest BCUT2D eigenvalue weighted by Crippen LogP contribution is -2.13. The highest BCUT2D eigenvalue weighted by Gasteiger charge is 2.18. The van der Waals surface area contributed by atoms with Gasteiger partial charge < -0.3 is 9.47 Å². The number of esters is 1. The Bertz CT molecular complexity index is 396. The fourth-order valence-electron chi connectivity index (χ4n) is 1.94. The molecule has 2 rings (SSSR count). The molecule has 3 heteroatoms. The van der Waals surface area contributed by atoms with Crippen LogP contribution in [0, 0.1) is 6.92 Å². The highest BCUT2D eigenvalue weighted by Crippen LogP contribution is 2.29. The lowest BCUT2D eigenvalue weighted by Gasteiger charge is -2.20. The van der Waals surface area contributed by atoms with E-state index in [1.807, 2.05) is 13.0 Å². The average Bonchev–Trinajstić information content (AvgIpc) is 2.29. The van der Waals surface area contributed by atoms with Gasteiger partial charge in [0.1, 0.15) is 5.75 Å². The zero-order valence-corrected chi connectivity index (χ0v) is 9.00. The SMILES string of the molecule is COC(=O)c1ccc2c(c1C)CCCO2. The van der Waals surface area contributed by atoms with Gasteiger partial charge in [-0.2, -0.15) is 0 Å². The molecule has 1 aliphatic heterocycles. The van der Waals surface area contributed by atoms with Crippen LogP contribution in [0.5, 0.6) is 5.75 Å². The number of hydrogen-bond acceptors (Lipinski definition) is 3. The molecule has 80 valence electrons. The average molecular weight is 206 g/mol. The summed E-state index contributed by atoms with van der Waals surface area (Å²) >= 11 is 0. The van der Waals surface area contributed by atoms with Gasteiger partial charge >= 0.3 is 5.97 Å². The molecule has 15 heavy (non-hydrogen) atoms. The minimum atomic E-state index is -0.277. The molecular weight excluding hydrogens is 192 g/mol. The van der Waals surface area contributed by atoms with Crippen molar-refractivity contribution >= 4 is 5.97 Å². The molecule has 0 fully saturated rings. The number of ether oxygens (including phenoxy) is 2. The summed E-state index contributed by atoms with van der Waals surface area (Å²) in [4.78, 5) is 11.5. The molecule has 1 aromatic carbocycles. The van der Waals surface area contributed by atoms with Crippen LogP contribution in [0.1, 0.15) is 27.9 Å². The van der Waals surface area contributed by atoms with Crippen LogP contribution in [-0.2, 0) is 11.2 Å². The van der Waals surface area contributed by atoms with E-state index in [-0.39, 0.29) is 5.97 Å². The normalized spacial score (nSPS) is 14.0. The maximum atomic E-state index is 11.5. The van der Waals surface area contributed by atoms with Crippen molar-refractivity contribution < 1.29 is 14.3 Å². The van der Waals surface area contributed by atoms with Crippen molar-refractivity contribution in [2.45, 2.75) is 19.8 Å². The predicted octanol–water partition coefficient (Wildman–Crippen LogP) is 2.11. The van der Waals surface area contributed by atoms with Gasteiger partial charge in [0.2, 0.25) is 0 Å². The Balaban J connectivity index is 2.47. The standard InChI is InChI=1S/C12H14O3/c1-8-9-4-3-7-15-11(9)6-5-10(8)12(13)14-2/h5-6H,3-4,7H2,1-2H3. The van der Waals surface area contributed by atoms with E-state index < -0.39 is 0 Å². The summed E-state index contributed by atoms with van der Waals surface area (Å²) in [5.74, 6) is 0.632. The van der Waals surface area contributed by atoms with E-state index in [1.54, 1.807) is 6.07 Å². The van der Waals surface area contributed by atoms with Crippen LogP contribution in [0.4, 0.5) is 0 Å². The van der Waals surface area contributed by atoms with Gasteiger partial charge in [0.15, 0.2) is 0 Å². The molecule has 0 amide bonds. The summed E-state index contributed by atoms with van der Waals surface area (Å²) < 4.78 is 10.2. The van der Waals surface area contributed by atoms with E-state index >= 15 is 0 Å². The number of benzene rings is 1. The van der Waals surface area contributed by atoms with E-state index in [1.165, 1.54) is 7.11 Å². The first-order valence-corrected chi connectivity index (χ1v) is 5.07. The Morgan fingerprint density at radius 3 is 3.00 bits per heavy atom. The van der Waals surface area contributed by atoms with Gasteiger partial charge in [0.05, 0.1) is 19.3 Å². The second kappa shape index (κ2) is 3.93. The largest absolute Gasteiger partial charge is 0.493 e. The minimum Gasteiger partial charge on any atom is -0.493 e. The minimum absolute atomic E-state index is 0.277. The molecule has 0 saturated heterocycles. The number of methoxy groups -OCH3 is 1. The smallest absolute Gasteiger partial charge is 0.338 e. The third-order valence-electron chi connectivity index (χ3n) is 2.79. The van der Waals surface area contributed by atoms with Crippen molar-refractivity contribution in [3.8, 4) is 5.75 Å². The number of fused-ring (bicyclic) bond motifs is 1. The maximum absolute atomic E-state index is 11.5. The Labute approximate surface area is 89.0 Å². The summed E-state index contributed by atoms with van der Waals surface area (Å²) in [5, 5.41) is 0. The van der Waals surface area contributed by atoms with Gasteiger partial charge in [-0.15, -0.1) is 0 Å². The predicted molar refractivity (Wildman–Crippen MR) is 56.3 cm³/mol. The molecular formula is C12H14O3. The van der Waals surface area contributed by atoms with Crippen molar-refractivity contribution in [1.29, 1.82) is 0 Å². The summed E-state index contributed by atoms with van der Waals surface area (Å²) in [5.41, 5.74) is 2.77. The monoisotopic (exact) mass is 206 g/mol. The quantitative estimate of drug-likeness (QED) is 0.660. The number of carbonyl (C=O) groups excluding carboxylic acids is 1. The van der Waals surface area contributed by atoms with Crippen molar-refractivity contribution in [2.75, 3.05) is 13.7 Å². The maximum Gasteiger partial charge on any atom is 0.338 e. The fraction of sp³-hybridized carbons (Fsp3) is 0.417. The Kier molecular flexibility index (Phi) is 2.62. The van der Waals surface area contributed by atoms with Crippen molar-refractivity contribution in [3.05, 3.63) is 28.8 Å². The molecule has 3 nitrogen and oxygen atoms in total. The molecule has 1 aliphatic rings. The molecule has 0 spiro atoms. The van der Waals surface area contributed by atoms with Crippen LogP contribution in [-0.4, -0.2) is 19.7 Å². The van der Waals surface area contributed by atoms with Gasteiger partial charge in [0.25, 0.3) is 0 Å². The number of carbonyl (C=O) groups is 1. The zero-order valence-electron chi connectivity index (χ0n) is 9.00. The second-order valence-corrected chi connectivity index (χ2v) is 3.66. The van der Waals surface area contributed by atoms with Gasteiger partial charge in [0, 0.05) is 0 Å². The van der Waals surface area contributed by atoms with Crippen LogP contribution in [0.2, 0.25) is 0 Å². The number of hydrogen-bond donors (Lipinski definition) is 0. The molecule has 0 saturated carbocycles. The molecule has 0 N–H and O–H groups in total. The van der Waals surface area contributed by atoms with E-state index in [0.29, 0.717) is 5.56 Å². The highest BCUT2D eigenvalue weighted by atomic mass is 16.5. The van der Waals surface area contributed by atoms with Gasteiger partial charge in [-0.05, 0) is 43.0 Å². The second-order valence-electron chi connectivity index (χ2n) is 3.66. The number of rotatable bonds is 1. The van der Waals surface area contributed by atoms with Crippen LogP contribution in [0.3, 0.4) is 0 Å². The Morgan fingerprint density at radius 1 is 1.47 bits per heavy atom. The molecule has 1 heterocycles. The van der Waals surface area contributed by atoms with E-state index in [9.17, 15) is 4.79 Å². The summed E-state index contributed by atoms with van der Waals surface area (Å²) in [6.45, 7) is 2.71. The van der Waals surface area contributed by atoms with Crippen LogP contribution >= 0.6 is 0 Å². The summed E-state index contributed by atoms with van der Waals surface area (Å²) in [6.07, 6.45) is 1.99. The lowest BCUT2D eigenvalue weighted by molar-refractivity contribution is 0.0599. The third-order valence-corrected chi connectivity index (χ3v) is 2.79. The highest BCUT2D eigenvalue weighted by molar-refractivity contribution is 5.91.